The summed E-state index contributed by atoms with van der Waals surface area (Å²) in [6.07, 6.45) is 0.654. The van der Waals surface area contributed by atoms with Crippen LogP contribution in [0.2, 0.25) is 0 Å². The summed E-state index contributed by atoms with van der Waals surface area (Å²) >= 11 is 0. The van der Waals surface area contributed by atoms with E-state index in [0.29, 0.717) is 58.1 Å². The molecule has 0 atom stereocenters. The normalized spacial score (nSPS) is 16.1. The van der Waals surface area contributed by atoms with Crippen LogP contribution in [0.1, 0.15) is 40.5 Å². The van der Waals surface area contributed by atoms with Gasteiger partial charge in [-0.1, -0.05) is 0 Å². The fourth-order valence-corrected chi connectivity index (χ4v) is 2.19. The van der Waals surface area contributed by atoms with E-state index in [2.05, 4.69) is 4.99 Å². The highest BCUT2D eigenvalue weighted by Crippen LogP contribution is 2.11. The van der Waals surface area contributed by atoms with Gasteiger partial charge in [0.1, 0.15) is 5.60 Å². The zero-order valence-electron chi connectivity index (χ0n) is 15.2. The van der Waals surface area contributed by atoms with Gasteiger partial charge in [0.05, 0.1) is 6.61 Å². The lowest BCUT2D eigenvalue weighted by Gasteiger charge is -2.36. The van der Waals surface area contributed by atoms with Gasteiger partial charge >= 0.3 is 12.1 Å². The van der Waals surface area contributed by atoms with E-state index in [1.165, 1.54) is 0 Å². The molecule has 0 spiro atoms. The number of carbonyl (C=O) groups excluding carboxylic acids is 2. The molecule has 0 saturated carbocycles. The minimum Gasteiger partial charge on any atom is -0.466 e. The maximum atomic E-state index is 12.0. The van der Waals surface area contributed by atoms with Gasteiger partial charge in [-0.05, 0) is 34.1 Å². The summed E-state index contributed by atoms with van der Waals surface area (Å²) < 4.78 is 10.2. The first-order valence-corrected chi connectivity index (χ1v) is 8.41. The molecule has 1 aliphatic rings. The summed E-state index contributed by atoms with van der Waals surface area (Å²) in [5.41, 5.74) is 5.48. The molecule has 8 nitrogen and oxygen atoms in total. The number of nitrogens with zero attached hydrogens (tertiary/aromatic N) is 3. The molecule has 1 saturated heterocycles. The number of rotatable bonds is 5. The van der Waals surface area contributed by atoms with Crippen molar-refractivity contribution in [1.29, 1.82) is 0 Å². The molecule has 138 valence electrons. The maximum Gasteiger partial charge on any atom is 0.410 e. The van der Waals surface area contributed by atoms with E-state index >= 15 is 0 Å². The second kappa shape index (κ2) is 9.34. The fourth-order valence-electron chi connectivity index (χ4n) is 2.19. The molecule has 0 radical (unpaired) electrons. The standard InChI is InChI=1S/C16H30N4O4/c1-5-23-13(21)7-6-8-18-14(17)19-9-11-20(12-10-19)15(22)24-16(2,3)4/h5-12H2,1-4H3,(H2,17,18). The number of aliphatic imine (C=N–C) groups is 1. The Morgan fingerprint density at radius 3 is 2.25 bits per heavy atom. The zero-order chi connectivity index (χ0) is 18.2. The van der Waals surface area contributed by atoms with Gasteiger partial charge in [-0.25, -0.2) is 4.79 Å². The number of guanidine groups is 1. The summed E-state index contributed by atoms with van der Waals surface area (Å²) in [7, 11) is 0. The summed E-state index contributed by atoms with van der Waals surface area (Å²) in [5, 5.41) is 0. The van der Waals surface area contributed by atoms with E-state index < -0.39 is 5.60 Å². The maximum absolute atomic E-state index is 12.0. The Bertz CT molecular complexity index is 451. The van der Waals surface area contributed by atoms with E-state index in [9.17, 15) is 9.59 Å². The first-order chi connectivity index (χ1) is 11.2. The van der Waals surface area contributed by atoms with Gasteiger partial charge in [0.25, 0.3) is 0 Å². The zero-order valence-corrected chi connectivity index (χ0v) is 15.2. The summed E-state index contributed by atoms with van der Waals surface area (Å²) in [4.78, 5) is 31.1. The number of esters is 1. The van der Waals surface area contributed by atoms with Crippen LogP contribution in [0.25, 0.3) is 0 Å². The predicted molar refractivity (Wildman–Crippen MR) is 91.7 cm³/mol. The first-order valence-electron chi connectivity index (χ1n) is 8.41. The van der Waals surface area contributed by atoms with Gasteiger partial charge in [0.2, 0.25) is 0 Å². The van der Waals surface area contributed by atoms with Crippen molar-refractivity contribution in [2.45, 2.75) is 46.1 Å². The average Bonchev–Trinajstić information content (AvgIpc) is 2.50. The van der Waals surface area contributed by atoms with E-state index in [4.69, 9.17) is 15.2 Å². The Kier molecular flexibility index (Phi) is 7.81. The molecule has 0 aromatic carbocycles. The number of nitrogens with two attached hydrogens (primary N) is 1. The third-order valence-corrected chi connectivity index (χ3v) is 3.37. The second-order valence-electron chi connectivity index (χ2n) is 6.60. The van der Waals surface area contributed by atoms with Gasteiger partial charge in [-0.2, -0.15) is 0 Å². The van der Waals surface area contributed by atoms with Gasteiger partial charge in [0.15, 0.2) is 5.96 Å². The molecule has 24 heavy (non-hydrogen) atoms. The van der Waals surface area contributed by atoms with Crippen molar-refractivity contribution in [2.24, 2.45) is 10.7 Å². The molecule has 0 aromatic heterocycles. The highest BCUT2D eigenvalue weighted by atomic mass is 16.6. The smallest absolute Gasteiger partial charge is 0.410 e. The molecule has 0 bridgehead atoms. The average molecular weight is 342 g/mol. The lowest BCUT2D eigenvalue weighted by Crippen LogP contribution is -2.53. The highest BCUT2D eigenvalue weighted by molar-refractivity contribution is 5.78. The van der Waals surface area contributed by atoms with Crippen molar-refractivity contribution in [2.75, 3.05) is 39.3 Å². The van der Waals surface area contributed by atoms with Crippen molar-refractivity contribution in [3.05, 3.63) is 0 Å². The van der Waals surface area contributed by atoms with Crippen molar-refractivity contribution in [3.8, 4) is 0 Å². The monoisotopic (exact) mass is 342 g/mol. The number of carbonyl (C=O) groups is 2. The van der Waals surface area contributed by atoms with Crippen molar-refractivity contribution in [3.63, 3.8) is 0 Å². The topological polar surface area (TPSA) is 97.5 Å². The van der Waals surface area contributed by atoms with Gasteiger partial charge in [-0.3, -0.25) is 9.79 Å². The third-order valence-electron chi connectivity index (χ3n) is 3.37. The Morgan fingerprint density at radius 2 is 1.71 bits per heavy atom. The molecule has 1 rings (SSSR count). The van der Waals surface area contributed by atoms with E-state index in [-0.39, 0.29) is 12.1 Å². The molecule has 1 heterocycles. The fraction of sp³-hybridized carbons (Fsp3) is 0.812. The number of amides is 1. The highest BCUT2D eigenvalue weighted by Gasteiger charge is 2.26. The second-order valence-corrected chi connectivity index (χ2v) is 6.60. The molecule has 2 N–H and O–H groups in total. The van der Waals surface area contributed by atoms with Crippen LogP contribution < -0.4 is 5.73 Å². The van der Waals surface area contributed by atoms with Gasteiger partial charge in [0, 0.05) is 39.1 Å². The minimum atomic E-state index is -0.492. The van der Waals surface area contributed by atoms with Crippen molar-refractivity contribution >= 4 is 18.0 Å². The lowest BCUT2D eigenvalue weighted by molar-refractivity contribution is -0.143. The van der Waals surface area contributed by atoms with E-state index in [1.54, 1.807) is 11.8 Å². The molecule has 1 fully saturated rings. The van der Waals surface area contributed by atoms with Crippen LogP contribution in [-0.4, -0.2) is 72.8 Å². The van der Waals surface area contributed by atoms with Crippen LogP contribution in [0.3, 0.4) is 0 Å². The Morgan fingerprint density at radius 1 is 1.12 bits per heavy atom. The third kappa shape index (κ3) is 7.52. The summed E-state index contributed by atoms with van der Waals surface area (Å²) in [6, 6.07) is 0. The van der Waals surface area contributed by atoms with Crippen LogP contribution in [0.5, 0.6) is 0 Å². The van der Waals surface area contributed by atoms with Crippen LogP contribution in [0.15, 0.2) is 4.99 Å². The quantitative estimate of drug-likeness (QED) is 0.349. The molecule has 0 aromatic rings. The number of hydrogen-bond donors (Lipinski definition) is 1. The lowest BCUT2D eigenvalue weighted by atomic mass is 10.2. The van der Waals surface area contributed by atoms with Crippen LogP contribution in [0, 0.1) is 0 Å². The summed E-state index contributed by atoms with van der Waals surface area (Å²) in [5.74, 6) is 0.236. The Hall–Kier alpha value is -1.99. The largest absolute Gasteiger partial charge is 0.466 e. The van der Waals surface area contributed by atoms with E-state index in [0.717, 1.165) is 0 Å². The molecule has 0 aliphatic carbocycles. The Labute approximate surface area is 144 Å². The molecule has 8 heteroatoms. The van der Waals surface area contributed by atoms with Crippen LogP contribution >= 0.6 is 0 Å². The van der Waals surface area contributed by atoms with Crippen LogP contribution in [-0.2, 0) is 14.3 Å². The first kappa shape index (κ1) is 20.1. The Balaban J connectivity index is 2.32. The predicted octanol–water partition coefficient (Wildman–Crippen LogP) is 1.20. The van der Waals surface area contributed by atoms with Crippen molar-refractivity contribution < 1.29 is 19.1 Å². The molecule has 1 amide bonds. The van der Waals surface area contributed by atoms with Gasteiger partial charge in [-0.15, -0.1) is 0 Å². The van der Waals surface area contributed by atoms with Crippen LogP contribution in [0.4, 0.5) is 4.79 Å². The minimum absolute atomic E-state index is 0.211. The SMILES string of the molecule is CCOC(=O)CCCN=C(N)N1CCN(C(=O)OC(C)(C)C)CC1. The van der Waals surface area contributed by atoms with Crippen molar-refractivity contribution in [1.82, 2.24) is 9.80 Å². The molecule has 0 unspecified atom stereocenters. The van der Waals surface area contributed by atoms with Gasteiger partial charge < -0.3 is 25.0 Å². The molecule has 1 aliphatic heterocycles. The molecular formula is C16H30N4O4. The summed E-state index contributed by atoms with van der Waals surface area (Å²) in [6.45, 7) is 10.5. The number of ether oxygens (including phenoxy) is 2. The van der Waals surface area contributed by atoms with E-state index in [1.807, 2.05) is 25.7 Å². The number of piperazine rings is 1. The number of hydrogen-bond acceptors (Lipinski definition) is 5. The molecular weight excluding hydrogens is 312 g/mol.